The molecule has 0 bridgehead atoms. The number of hydrogen-bond donors (Lipinski definition) is 2. The first-order valence-corrected chi connectivity index (χ1v) is 12.3. The fraction of sp³-hybridized carbons (Fsp3) is 0.231. The standard InChI is InChI=1S/C26H22ClF5N4OS/c1-13-3-4-15(11-14(13)2)25(37)34-26(38)33-16-5-6-18(17(27)12-16)35-7-9-36(10-8-35)24-22(31)20(29)19(28)21(30)23(24)32/h3-6,11-12H,7-10H2,1-2H3,(H2,33,34,37,38). The van der Waals surface area contributed by atoms with Gasteiger partial charge in [-0.05, 0) is 67.5 Å². The van der Waals surface area contributed by atoms with Crippen LogP contribution in [0.25, 0.3) is 0 Å². The lowest BCUT2D eigenvalue weighted by molar-refractivity contribution is 0.0977. The molecule has 0 atom stereocenters. The number of piperazine rings is 1. The Kier molecular flexibility index (Phi) is 8.08. The van der Waals surface area contributed by atoms with Gasteiger partial charge in [0.05, 0.1) is 10.7 Å². The lowest BCUT2D eigenvalue weighted by Gasteiger charge is -2.38. The lowest BCUT2D eigenvalue weighted by atomic mass is 10.1. The van der Waals surface area contributed by atoms with Crippen molar-refractivity contribution in [2.45, 2.75) is 13.8 Å². The van der Waals surface area contributed by atoms with Gasteiger partial charge in [0.1, 0.15) is 5.69 Å². The van der Waals surface area contributed by atoms with E-state index in [-0.39, 0.29) is 37.2 Å². The summed E-state index contributed by atoms with van der Waals surface area (Å²) in [6.07, 6.45) is 0. The Morgan fingerprint density at radius 2 is 1.39 bits per heavy atom. The second kappa shape index (κ2) is 11.1. The highest BCUT2D eigenvalue weighted by Gasteiger charge is 2.31. The van der Waals surface area contributed by atoms with Crippen LogP contribution in [0, 0.1) is 42.9 Å². The van der Waals surface area contributed by atoms with E-state index in [0.29, 0.717) is 22.0 Å². The van der Waals surface area contributed by atoms with Gasteiger partial charge in [-0.15, -0.1) is 0 Å². The average Bonchev–Trinajstić information content (AvgIpc) is 2.88. The molecule has 0 saturated carbocycles. The van der Waals surface area contributed by atoms with Gasteiger partial charge < -0.3 is 15.1 Å². The predicted molar refractivity (Wildman–Crippen MR) is 142 cm³/mol. The molecular weight excluding hydrogens is 547 g/mol. The summed E-state index contributed by atoms with van der Waals surface area (Å²) in [5.74, 6) is -10.2. The van der Waals surface area contributed by atoms with Crippen molar-refractivity contribution in [3.8, 4) is 0 Å². The van der Waals surface area contributed by atoms with Gasteiger partial charge in [-0.2, -0.15) is 0 Å². The molecule has 1 amide bonds. The van der Waals surface area contributed by atoms with E-state index in [1.54, 1.807) is 30.3 Å². The van der Waals surface area contributed by atoms with Crippen LogP contribution < -0.4 is 20.4 Å². The minimum absolute atomic E-state index is 0.00326. The zero-order valence-electron chi connectivity index (χ0n) is 20.3. The van der Waals surface area contributed by atoms with Crippen molar-refractivity contribution in [1.82, 2.24) is 5.32 Å². The van der Waals surface area contributed by atoms with Crippen LogP contribution in [0.15, 0.2) is 36.4 Å². The number of nitrogens with zero attached hydrogens (tertiary/aromatic N) is 2. The maximum absolute atomic E-state index is 14.2. The molecule has 5 nitrogen and oxygen atoms in total. The Morgan fingerprint density at radius 1 is 0.816 bits per heavy atom. The molecule has 2 N–H and O–H groups in total. The molecule has 4 rings (SSSR count). The Bertz CT molecular complexity index is 1400. The van der Waals surface area contributed by atoms with E-state index in [1.807, 2.05) is 24.8 Å². The third-order valence-corrected chi connectivity index (χ3v) is 6.83. The number of benzene rings is 3. The second-order valence-corrected chi connectivity index (χ2v) is 9.58. The molecule has 0 aromatic heterocycles. The average molecular weight is 569 g/mol. The fourth-order valence-corrected chi connectivity index (χ4v) is 4.61. The SMILES string of the molecule is Cc1ccc(C(=O)NC(=S)Nc2ccc(N3CCN(c4c(F)c(F)c(F)c(F)c4F)CC3)c(Cl)c2)cc1C. The summed E-state index contributed by atoms with van der Waals surface area (Å²) < 4.78 is 69.0. The molecule has 0 spiro atoms. The van der Waals surface area contributed by atoms with Crippen molar-refractivity contribution in [3.63, 3.8) is 0 Å². The van der Waals surface area contributed by atoms with Crippen LogP contribution in [0.3, 0.4) is 0 Å². The molecule has 1 aliphatic rings. The van der Waals surface area contributed by atoms with Gasteiger partial charge in [0.2, 0.25) is 5.82 Å². The van der Waals surface area contributed by atoms with Crippen LogP contribution in [0.2, 0.25) is 5.02 Å². The number of amides is 1. The Morgan fingerprint density at radius 3 is 1.97 bits per heavy atom. The first kappa shape index (κ1) is 27.6. The number of aryl methyl sites for hydroxylation is 2. The van der Waals surface area contributed by atoms with Gasteiger partial charge in [-0.3, -0.25) is 10.1 Å². The van der Waals surface area contributed by atoms with Gasteiger partial charge >= 0.3 is 0 Å². The van der Waals surface area contributed by atoms with Gasteiger partial charge in [0.25, 0.3) is 5.91 Å². The summed E-state index contributed by atoms with van der Waals surface area (Å²) in [4.78, 5) is 15.4. The second-order valence-electron chi connectivity index (χ2n) is 8.77. The van der Waals surface area contributed by atoms with Crippen molar-refractivity contribution < 1.29 is 26.7 Å². The van der Waals surface area contributed by atoms with E-state index in [2.05, 4.69) is 10.6 Å². The number of rotatable bonds is 4. The highest BCUT2D eigenvalue weighted by atomic mass is 35.5. The number of nitrogens with one attached hydrogen (secondary N) is 2. The van der Waals surface area contributed by atoms with Crippen LogP contribution in [0.1, 0.15) is 21.5 Å². The third kappa shape index (κ3) is 5.53. The highest BCUT2D eigenvalue weighted by Crippen LogP contribution is 2.33. The van der Waals surface area contributed by atoms with Gasteiger partial charge in [-0.1, -0.05) is 17.7 Å². The Balaban J connectivity index is 1.39. The smallest absolute Gasteiger partial charge is 0.257 e. The van der Waals surface area contributed by atoms with Crippen LogP contribution in [0.4, 0.5) is 39.0 Å². The Labute approximate surface area is 226 Å². The minimum atomic E-state index is -2.19. The molecular formula is C26H22ClF5N4OS. The van der Waals surface area contributed by atoms with Crippen LogP contribution >= 0.6 is 23.8 Å². The maximum Gasteiger partial charge on any atom is 0.257 e. The van der Waals surface area contributed by atoms with E-state index in [1.165, 1.54) is 0 Å². The van der Waals surface area contributed by atoms with E-state index >= 15 is 0 Å². The largest absolute Gasteiger partial charge is 0.367 e. The molecule has 0 radical (unpaired) electrons. The number of hydrogen-bond acceptors (Lipinski definition) is 4. The Hall–Kier alpha value is -3.44. The third-order valence-electron chi connectivity index (χ3n) is 6.32. The summed E-state index contributed by atoms with van der Waals surface area (Å²) in [7, 11) is 0. The molecule has 1 heterocycles. The minimum Gasteiger partial charge on any atom is -0.367 e. The zero-order valence-corrected chi connectivity index (χ0v) is 21.8. The molecule has 38 heavy (non-hydrogen) atoms. The molecule has 0 unspecified atom stereocenters. The van der Waals surface area contributed by atoms with E-state index in [4.69, 9.17) is 23.8 Å². The summed E-state index contributed by atoms with van der Waals surface area (Å²) in [6, 6.07) is 10.3. The van der Waals surface area contributed by atoms with Crippen LogP contribution in [-0.2, 0) is 0 Å². The van der Waals surface area contributed by atoms with Crippen molar-refractivity contribution in [2.24, 2.45) is 0 Å². The molecule has 12 heteroatoms. The normalized spacial score (nSPS) is 13.5. The summed E-state index contributed by atoms with van der Waals surface area (Å²) in [5, 5.41) is 5.93. The van der Waals surface area contributed by atoms with Crippen molar-refractivity contribution in [1.29, 1.82) is 0 Å². The number of thiocarbonyl (C=S) groups is 1. The topological polar surface area (TPSA) is 47.6 Å². The van der Waals surface area contributed by atoms with Crippen LogP contribution in [-0.4, -0.2) is 37.2 Å². The molecule has 1 aliphatic heterocycles. The van der Waals surface area contributed by atoms with Crippen molar-refractivity contribution in [3.05, 3.63) is 87.2 Å². The zero-order chi connectivity index (χ0) is 27.7. The van der Waals surface area contributed by atoms with E-state index in [9.17, 15) is 26.7 Å². The molecule has 3 aromatic carbocycles. The molecule has 200 valence electrons. The fourth-order valence-electron chi connectivity index (χ4n) is 4.10. The number of carbonyl (C=O) groups excluding carboxylic acids is 1. The van der Waals surface area contributed by atoms with Gasteiger partial charge in [-0.25, -0.2) is 22.0 Å². The number of anilines is 3. The lowest BCUT2D eigenvalue weighted by Crippen LogP contribution is -2.47. The summed E-state index contributed by atoms with van der Waals surface area (Å²) in [5.41, 5.74) is 2.70. The highest BCUT2D eigenvalue weighted by molar-refractivity contribution is 7.80. The monoisotopic (exact) mass is 568 g/mol. The number of halogens is 6. The predicted octanol–water partition coefficient (Wildman–Crippen LogP) is 6.11. The van der Waals surface area contributed by atoms with Crippen molar-refractivity contribution in [2.75, 3.05) is 41.3 Å². The van der Waals surface area contributed by atoms with E-state index in [0.717, 1.165) is 16.0 Å². The quantitative estimate of drug-likeness (QED) is 0.172. The van der Waals surface area contributed by atoms with Crippen molar-refractivity contribution >= 4 is 51.9 Å². The molecule has 3 aromatic rings. The summed E-state index contributed by atoms with van der Waals surface area (Å²) >= 11 is 11.7. The first-order valence-electron chi connectivity index (χ1n) is 11.5. The molecule has 0 aliphatic carbocycles. The van der Waals surface area contributed by atoms with Gasteiger partial charge in [0.15, 0.2) is 28.4 Å². The van der Waals surface area contributed by atoms with E-state index < -0.39 is 34.8 Å². The van der Waals surface area contributed by atoms with Gasteiger partial charge in [0, 0.05) is 37.4 Å². The van der Waals surface area contributed by atoms with Crippen LogP contribution in [0.5, 0.6) is 0 Å². The first-order chi connectivity index (χ1) is 18.0. The maximum atomic E-state index is 14.2. The number of carbonyl (C=O) groups is 1. The molecule has 1 fully saturated rings. The molecule has 1 saturated heterocycles. The summed E-state index contributed by atoms with van der Waals surface area (Å²) in [6.45, 7) is 4.30.